The van der Waals surface area contributed by atoms with Crippen LogP contribution in [0, 0.1) is 0 Å². The van der Waals surface area contributed by atoms with Gasteiger partial charge in [-0.15, -0.1) is 0 Å². The molecular weight excluding hydrogens is 262 g/mol. The summed E-state index contributed by atoms with van der Waals surface area (Å²) in [7, 11) is 0. The number of aryl methyl sites for hydroxylation is 1. The highest BCUT2D eigenvalue weighted by Gasteiger charge is 2.23. The van der Waals surface area contributed by atoms with Gasteiger partial charge in [0.2, 0.25) is 5.91 Å². The maximum absolute atomic E-state index is 12.0. The van der Waals surface area contributed by atoms with Crippen molar-refractivity contribution < 1.29 is 9.90 Å². The number of rotatable bonds is 4. The molecule has 21 heavy (non-hydrogen) atoms. The highest BCUT2D eigenvalue weighted by atomic mass is 16.3. The molecule has 116 valence electrons. The lowest BCUT2D eigenvalue weighted by molar-refractivity contribution is -0.130. The topological polar surface area (TPSA) is 40.5 Å². The summed E-state index contributed by atoms with van der Waals surface area (Å²) >= 11 is 0. The van der Waals surface area contributed by atoms with Gasteiger partial charge in [-0.2, -0.15) is 0 Å². The Hall–Kier alpha value is -1.35. The normalized spacial score (nSPS) is 19.0. The number of carbonyl (C=O) groups excluding carboxylic acids is 1. The fourth-order valence-corrected chi connectivity index (χ4v) is 2.74. The lowest BCUT2D eigenvalue weighted by Crippen LogP contribution is -2.29. The highest BCUT2D eigenvalue weighted by Crippen LogP contribution is 2.22. The second-order valence-electron chi connectivity index (χ2n) is 7.08. The van der Waals surface area contributed by atoms with E-state index >= 15 is 0 Å². The third-order valence-electron chi connectivity index (χ3n) is 4.19. The fraction of sp³-hybridized carbons (Fsp3) is 0.611. The molecular formula is C18H27NO2. The number of nitrogens with zero attached hydrogens (tertiary/aromatic N) is 1. The average molecular weight is 289 g/mol. The number of amides is 1. The largest absolute Gasteiger partial charge is 0.391 e. The smallest absolute Gasteiger partial charge is 0.222 e. The molecule has 0 aromatic heterocycles. The molecule has 1 aromatic carbocycles. The minimum absolute atomic E-state index is 0.179. The Kier molecular flexibility index (Phi) is 5.04. The van der Waals surface area contributed by atoms with Crippen LogP contribution in [-0.2, 0) is 16.6 Å². The van der Waals surface area contributed by atoms with E-state index in [4.69, 9.17) is 0 Å². The second kappa shape index (κ2) is 6.61. The SMILES string of the molecule is CC(C)(C)c1ccc(CCCC(=O)N2CC[C@@H](O)C2)cc1. The van der Waals surface area contributed by atoms with Gasteiger partial charge < -0.3 is 10.0 Å². The Labute approximate surface area is 128 Å². The second-order valence-corrected chi connectivity index (χ2v) is 7.08. The van der Waals surface area contributed by atoms with Gasteiger partial charge in [-0.3, -0.25) is 4.79 Å². The zero-order valence-electron chi connectivity index (χ0n) is 13.4. The van der Waals surface area contributed by atoms with Crippen LogP contribution in [-0.4, -0.2) is 35.1 Å². The first-order valence-corrected chi connectivity index (χ1v) is 7.91. The van der Waals surface area contributed by atoms with Gasteiger partial charge in [0.25, 0.3) is 0 Å². The summed E-state index contributed by atoms with van der Waals surface area (Å²) in [6.07, 6.45) is 2.79. The molecule has 1 amide bonds. The molecule has 3 heteroatoms. The van der Waals surface area contributed by atoms with Gasteiger partial charge in [0.1, 0.15) is 0 Å². The third kappa shape index (κ3) is 4.57. The van der Waals surface area contributed by atoms with Crippen molar-refractivity contribution in [3.63, 3.8) is 0 Å². The summed E-state index contributed by atoms with van der Waals surface area (Å²) < 4.78 is 0. The third-order valence-corrected chi connectivity index (χ3v) is 4.19. The Balaban J connectivity index is 1.77. The van der Waals surface area contributed by atoms with Crippen molar-refractivity contribution >= 4 is 5.91 Å². The first-order valence-electron chi connectivity index (χ1n) is 7.91. The van der Waals surface area contributed by atoms with Crippen LogP contribution in [0.2, 0.25) is 0 Å². The van der Waals surface area contributed by atoms with Crippen molar-refractivity contribution in [1.29, 1.82) is 0 Å². The molecule has 1 N–H and O–H groups in total. The molecule has 2 rings (SSSR count). The van der Waals surface area contributed by atoms with Gasteiger partial charge in [0, 0.05) is 19.5 Å². The van der Waals surface area contributed by atoms with Crippen molar-refractivity contribution in [2.75, 3.05) is 13.1 Å². The van der Waals surface area contributed by atoms with Gasteiger partial charge in [-0.1, -0.05) is 45.0 Å². The van der Waals surface area contributed by atoms with E-state index in [1.807, 2.05) is 0 Å². The molecule has 1 atom stereocenters. The van der Waals surface area contributed by atoms with Crippen LogP contribution in [0.25, 0.3) is 0 Å². The molecule has 1 heterocycles. The highest BCUT2D eigenvalue weighted by molar-refractivity contribution is 5.76. The zero-order valence-corrected chi connectivity index (χ0v) is 13.4. The molecule has 1 fully saturated rings. The molecule has 1 aliphatic rings. The number of likely N-dealkylation sites (tertiary alicyclic amines) is 1. The standard InChI is InChI=1S/C18H27NO2/c1-18(2,3)15-9-7-14(8-10-15)5-4-6-17(21)19-12-11-16(20)13-19/h7-10,16,20H,4-6,11-13H2,1-3H3/t16-/m1/s1. The predicted octanol–water partition coefficient (Wildman–Crippen LogP) is 2.90. The predicted molar refractivity (Wildman–Crippen MR) is 85.3 cm³/mol. The van der Waals surface area contributed by atoms with Crippen molar-refractivity contribution in [2.45, 2.75) is 58.0 Å². The van der Waals surface area contributed by atoms with E-state index < -0.39 is 0 Å². The average Bonchev–Trinajstić information content (AvgIpc) is 2.85. The van der Waals surface area contributed by atoms with E-state index in [1.165, 1.54) is 11.1 Å². The number of carbonyl (C=O) groups is 1. The summed E-state index contributed by atoms with van der Waals surface area (Å²) in [5, 5.41) is 9.45. The number of β-amino-alcohol motifs (C(OH)–C–C–N with tert-alkyl or cyclic N) is 1. The monoisotopic (exact) mass is 289 g/mol. The molecule has 1 aliphatic heterocycles. The van der Waals surface area contributed by atoms with Crippen molar-refractivity contribution in [1.82, 2.24) is 4.90 Å². The van der Waals surface area contributed by atoms with Gasteiger partial charge in [0.05, 0.1) is 6.10 Å². The van der Waals surface area contributed by atoms with Crippen molar-refractivity contribution in [2.24, 2.45) is 0 Å². The van der Waals surface area contributed by atoms with Crippen LogP contribution >= 0.6 is 0 Å². The van der Waals surface area contributed by atoms with Crippen LogP contribution in [0.1, 0.15) is 51.2 Å². The number of aliphatic hydroxyl groups is 1. The summed E-state index contributed by atoms with van der Waals surface area (Å²) in [4.78, 5) is 13.8. The molecule has 1 saturated heterocycles. The first kappa shape index (κ1) is 16.0. The summed E-state index contributed by atoms with van der Waals surface area (Å²) in [5.74, 6) is 0.179. The van der Waals surface area contributed by atoms with Crippen molar-refractivity contribution in [3.8, 4) is 0 Å². The van der Waals surface area contributed by atoms with E-state index in [2.05, 4.69) is 45.0 Å². The van der Waals surface area contributed by atoms with Crippen LogP contribution in [0.4, 0.5) is 0 Å². The number of hydrogen-bond donors (Lipinski definition) is 1. The van der Waals surface area contributed by atoms with E-state index in [-0.39, 0.29) is 17.4 Å². The molecule has 0 saturated carbocycles. The summed E-state index contributed by atoms with van der Waals surface area (Å²) in [6.45, 7) is 7.86. The molecule has 0 aliphatic carbocycles. The molecule has 0 bridgehead atoms. The maximum Gasteiger partial charge on any atom is 0.222 e. The van der Waals surface area contributed by atoms with Crippen molar-refractivity contribution in [3.05, 3.63) is 35.4 Å². The Morgan fingerprint density at radius 1 is 1.29 bits per heavy atom. The number of aliphatic hydroxyl groups excluding tert-OH is 1. The summed E-state index contributed by atoms with van der Waals surface area (Å²) in [6, 6.07) is 8.72. The van der Waals surface area contributed by atoms with Gasteiger partial charge in [-0.05, 0) is 35.8 Å². The lowest BCUT2D eigenvalue weighted by atomic mass is 9.86. The lowest BCUT2D eigenvalue weighted by Gasteiger charge is -2.19. The fourth-order valence-electron chi connectivity index (χ4n) is 2.74. The van der Waals surface area contributed by atoms with Gasteiger partial charge >= 0.3 is 0 Å². The first-order chi connectivity index (χ1) is 9.86. The zero-order chi connectivity index (χ0) is 15.5. The van der Waals surface area contributed by atoms with Crippen LogP contribution in [0.3, 0.4) is 0 Å². The quantitative estimate of drug-likeness (QED) is 0.926. The van der Waals surface area contributed by atoms with Crippen LogP contribution in [0.5, 0.6) is 0 Å². The van der Waals surface area contributed by atoms with Crippen LogP contribution in [0.15, 0.2) is 24.3 Å². The Morgan fingerprint density at radius 2 is 1.95 bits per heavy atom. The molecule has 0 radical (unpaired) electrons. The van der Waals surface area contributed by atoms with E-state index in [9.17, 15) is 9.90 Å². The molecule has 0 unspecified atom stereocenters. The minimum atomic E-state index is -0.320. The molecule has 3 nitrogen and oxygen atoms in total. The van der Waals surface area contributed by atoms with E-state index in [1.54, 1.807) is 4.90 Å². The van der Waals surface area contributed by atoms with E-state index in [0.717, 1.165) is 19.3 Å². The van der Waals surface area contributed by atoms with Crippen LogP contribution < -0.4 is 0 Å². The van der Waals surface area contributed by atoms with Gasteiger partial charge in [-0.25, -0.2) is 0 Å². The minimum Gasteiger partial charge on any atom is -0.391 e. The molecule has 0 spiro atoms. The Morgan fingerprint density at radius 3 is 2.48 bits per heavy atom. The summed E-state index contributed by atoms with van der Waals surface area (Å²) in [5.41, 5.74) is 2.82. The number of benzene rings is 1. The van der Waals surface area contributed by atoms with E-state index in [0.29, 0.717) is 19.5 Å². The maximum atomic E-state index is 12.0. The number of hydrogen-bond acceptors (Lipinski definition) is 2. The van der Waals surface area contributed by atoms with Gasteiger partial charge in [0.15, 0.2) is 0 Å². The molecule has 1 aromatic rings. The Bertz CT molecular complexity index is 473.